The number of rotatable bonds is 6. The Balaban J connectivity index is 2.43. The number of ether oxygens (including phenoxy) is 1. The number of carbonyl (C=O) groups excluding carboxylic acids is 2. The van der Waals surface area contributed by atoms with Gasteiger partial charge in [-0.2, -0.15) is 0 Å². The first-order chi connectivity index (χ1) is 10.6. The Bertz CT molecular complexity index is 508. The third-order valence-corrected chi connectivity index (χ3v) is 3.21. The number of amides is 2. The van der Waals surface area contributed by atoms with Crippen LogP contribution in [0.2, 0.25) is 0 Å². The second-order valence-corrected chi connectivity index (χ2v) is 4.81. The number of likely N-dealkylation sites (N-methyl/N-ethyl adjacent to an activating group) is 1. The summed E-state index contributed by atoms with van der Waals surface area (Å²) in [4.78, 5) is 24.6. The predicted octanol–water partition coefficient (Wildman–Crippen LogP) is 1.66. The summed E-state index contributed by atoms with van der Waals surface area (Å²) < 4.78 is 4.66. The van der Waals surface area contributed by atoms with Crippen molar-refractivity contribution in [3.05, 3.63) is 35.9 Å². The minimum atomic E-state index is -0.744. The van der Waals surface area contributed by atoms with Crippen LogP contribution in [0.15, 0.2) is 30.3 Å². The molecule has 0 atom stereocenters. The molecule has 120 valence electrons. The summed E-state index contributed by atoms with van der Waals surface area (Å²) in [5, 5.41) is 5.70. The van der Waals surface area contributed by atoms with Gasteiger partial charge in [-0.05, 0) is 31.6 Å². The van der Waals surface area contributed by atoms with Crippen molar-refractivity contribution in [3.8, 4) is 0 Å². The molecule has 0 heterocycles. The van der Waals surface area contributed by atoms with E-state index in [9.17, 15) is 9.59 Å². The molecule has 7 heteroatoms. The molecule has 0 aromatic heterocycles. The van der Waals surface area contributed by atoms with Crippen molar-refractivity contribution in [2.45, 2.75) is 20.4 Å². The lowest BCUT2D eigenvalue weighted by Crippen LogP contribution is -2.46. The molecule has 0 aliphatic carbocycles. The number of imide groups is 1. The van der Waals surface area contributed by atoms with Gasteiger partial charge in [-0.1, -0.05) is 30.3 Å². The van der Waals surface area contributed by atoms with Gasteiger partial charge in [0.05, 0.1) is 13.2 Å². The highest BCUT2D eigenvalue weighted by Crippen LogP contribution is 1.98. The third kappa shape index (κ3) is 6.53. The lowest BCUT2D eigenvalue weighted by atomic mass is 10.2. The van der Waals surface area contributed by atoms with Gasteiger partial charge in [-0.15, -0.1) is 0 Å². The molecule has 0 aliphatic heterocycles. The van der Waals surface area contributed by atoms with Gasteiger partial charge in [0.2, 0.25) is 5.91 Å². The van der Waals surface area contributed by atoms with Crippen LogP contribution >= 0.6 is 12.2 Å². The van der Waals surface area contributed by atoms with E-state index in [1.54, 1.807) is 11.8 Å². The number of thiocarbonyl (C=S) groups is 1. The summed E-state index contributed by atoms with van der Waals surface area (Å²) in [6, 6.07) is 9.81. The highest BCUT2D eigenvalue weighted by atomic mass is 32.1. The number of nitrogens with one attached hydrogen (secondary N) is 2. The minimum absolute atomic E-state index is 0.00403. The summed E-state index contributed by atoms with van der Waals surface area (Å²) in [5.74, 6) is -0.454. The van der Waals surface area contributed by atoms with Crippen LogP contribution in [0.4, 0.5) is 4.79 Å². The molecule has 2 N–H and O–H groups in total. The van der Waals surface area contributed by atoms with E-state index >= 15 is 0 Å². The van der Waals surface area contributed by atoms with Crippen LogP contribution < -0.4 is 10.6 Å². The maximum Gasteiger partial charge on any atom is 0.413 e. The van der Waals surface area contributed by atoms with Gasteiger partial charge in [0.25, 0.3) is 0 Å². The largest absolute Gasteiger partial charge is 0.450 e. The number of hydrogen-bond acceptors (Lipinski definition) is 4. The second kappa shape index (κ2) is 9.73. The molecular weight excluding hydrogens is 302 g/mol. The number of alkyl carbamates (subject to hydrolysis) is 1. The fraction of sp³-hybridized carbons (Fsp3) is 0.400. The van der Waals surface area contributed by atoms with Gasteiger partial charge in [0.1, 0.15) is 0 Å². The average molecular weight is 323 g/mol. The SMILES string of the molecule is CCOC(=O)NC(=O)CN(CC)C(=S)NCc1ccccc1. The molecular formula is C15H21N3O3S. The Morgan fingerprint density at radius 1 is 1.23 bits per heavy atom. The van der Waals surface area contributed by atoms with Gasteiger partial charge in [-0.25, -0.2) is 4.79 Å². The van der Waals surface area contributed by atoms with E-state index in [1.165, 1.54) is 0 Å². The Labute approximate surface area is 135 Å². The molecule has 0 spiro atoms. The van der Waals surface area contributed by atoms with Crippen molar-refractivity contribution in [3.63, 3.8) is 0 Å². The topological polar surface area (TPSA) is 70.7 Å². The highest BCUT2D eigenvalue weighted by Gasteiger charge is 2.14. The van der Waals surface area contributed by atoms with Gasteiger partial charge >= 0.3 is 6.09 Å². The summed E-state index contributed by atoms with van der Waals surface area (Å²) in [6.45, 7) is 4.90. The molecule has 0 saturated heterocycles. The third-order valence-electron chi connectivity index (χ3n) is 2.81. The first-order valence-corrected chi connectivity index (χ1v) is 7.51. The van der Waals surface area contributed by atoms with E-state index in [0.29, 0.717) is 18.2 Å². The van der Waals surface area contributed by atoms with E-state index in [1.807, 2.05) is 37.3 Å². The van der Waals surface area contributed by atoms with E-state index < -0.39 is 12.0 Å². The molecule has 6 nitrogen and oxygen atoms in total. The summed E-state index contributed by atoms with van der Waals surface area (Å²) in [5.41, 5.74) is 1.09. The van der Waals surface area contributed by atoms with Gasteiger partial charge in [0.15, 0.2) is 5.11 Å². The molecule has 0 bridgehead atoms. The molecule has 1 aromatic rings. The summed E-state index contributed by atoms with van der Waals surface area (Å²) >= 11 is 5.28. The van der Waals surface area contributed by atoms with Crippen LogP contribution in [-0.2, 0) is 16.1 Å². The van der Waals surface area contributed by atoms with Gasteiger partial charge < -0.3 is 15.0 Å². The molecule has 0 unspecified atom stereocenters. The maximum absolute atomic E-state index is 11.7. The van der Waals surface area contributed by atoms with Gasteiger partial charge in [-0.3, -0.25) is 10.1 Å². The van der Waals surface area contributed by atoms with Crippen LogP contribution in [0, 0.1) is 0 Å². The van der Waals surface area contributed by atoms with Crippen molar-refractivity contribution >= 4 is 29.3 Å². The molecule has 0 radical (unpaired) electrons. The molecule has 2 amide bonds. The van der Waals surface area contributed by atoms with Crippen LogP contribution in [0.25, 0.3) is 0 Å². The standard InChI is InChI=1S/C15H21N3O3S/c1-3-18(11-13(19)17-15(20)21-4-2)14(22)16-10-12-8-6-5-7-9-12/h5-9H,3-4,10-11H2,1-2H3,(H,16,22)(H,17,19,20). The fourth-order valence-electron chi connectivity index (χ4n) is 1.71. The van der Waals surface area contributed by atoms with Crippen LogP contribution in [-0.4, -0.2) is 41.7 Å². The monoisotopic (exact) mass is 323 g/mol. The summed E-state index contributed by atoms with van der Waals surface area (Å²) in [7, 11) is 0. The van der Waals surface area contributed by atoms with Gasteiger partial charge in [0, 0.05) is 13.1 Å². The first kappa shape index (κ1) is 17.9. The van der Waals surface area contributed by atoms with Crippen molar-refractivity contribution in [1.29, 1.82) is 0 Å². The zero-order valence-corrected chi connectivity index (χ0v) is 13.6. The lowest BCUT2D eigenvalue weighted by molar-refractivity contribution is -0.120. The van der Waals surface area contributed by atoms with Crippen LogP contribution in [0.1, 0.15) is 19.4 Å². The van der Waals surface area contributed by atoms with Crippen molar-refractivity contribution in [2.24, 2.45) is 0 Å². The molecule has 0 saturated carbocycles. The van der Waals surface area contributed by atoms with Crippen LogP contribution in [0.5, 0.6) is 0 Å². The Hall–Kier alpha value is -2.15. The molecule has 22 heavy (non-hydrogen) atoms. The quantitative estimate of drug-likeness (QED) is 0.776. The average Bonchev–Trinajstić information content (AvgIpc) is 2.51. The zero-order chi connectivity index (χ0) is 16.4. The molecule has 1 aromatic carbocycles. The normalized spacial score (nSPS) is 9.73. The summed E-state index contributed by atoms with van der Waals surface area (Å²) in [6.07, 6.45) is -0.744. The maximum atomic E-state index is 11.7. The first-order valence-electron chi connectivity index (χ1n) is 7.10. The smallest absolute Gasteiger partial charge is 0.413 e. The number of hydrogen-bond donors (Lipinski definition) is 2. The van der Waals surface area contributed by atoms with E-state index in [4.69, 9.17) is 12.2 Å². The predicted molar refractivity (Wildman–Crippen MR) is 88.3 cm³/mol. The van der Waals surface area contributed by atoms with Crippen molar-refractivity contribution in [1.82, 2.24) is 15.5 Å². The molecule has 1 rings (SSSR count). The Morgan fingerprint density at radius 2 is 1.91 bits per heavy atom. The Kier molecular flexibility index (Phi) is 7.91. The van der Waals surface area contributed by atoms with Crippen LogP contribution in [0.3, 0.4) is 0 Å². The zero-order valence-electron chi connectivity index (χ0n) is 12.8. The number of benzene rings is 1. The number of carbonyl (C=O) groups is 2. The van der Waals surface area contributed by atoms with Crippen molar-refractivity contribution in [2.75, 3.05) is 19.7 Å². The van der Waals surface area contributed by atoms with Crippen molar-refractivity contribution < 1.29 is 14.3 Å². The molecule has 0 aliphatic rings. The second-order valence-electron chi connectivity index (χ2n) is 4.43. The highest BCUT2D eigenvalue weighted by molar-refractivity contribution is 7.80. The Morgan fingerprint density at radius 3 is 2.50 bits per heavy atom. The minimum Gasteiger partial charge on any atom is -0.450 e. The van der Waals surface area contributed by atoms with E-state index in [-0.39, 0.29) is 13.2 Å². The number of nitrogens with zero attached hydrogens (tertiary/aromatic N) is 1. The van der Waals surface area contributed by atoms with E-state index in [0.717, 1.165) is 5.56 Å². The fourth-order valence-corrected chi connectivity index (χ4v) is 1.97. The molecule has 0 fully saturated rings. The van der Waals surface area contributed by atoms with E-state index in [2.05, 4.69) is 15.4 Å². The lowest BCUT2D eigenvalue weighted by Gasteiger charge is -2.23.